The maximum atomic E-state index is 12.4. The van der Waals surface area contributed by atoms with Gasteiger partial charge in [-0.15, -0.1) is 0 Å². The summed E-state index contributed by atoms with van der Waals surface area (Å²) in [5, 5.41) is 0. The van der Waals surface area contributed by atoms with Crippen LogP contribution in [0.3, 0.4) is 0 Å². The molecule has 2 aliphatic rings. The van der Waals surface area contributed by atoms with E-state index in [1.54, 1.807) is 0 Å². The van der Waals surface area contributed by atoms with Gasteiger partial charge in [0.1, 0.15) is 5.75 Å². The number of ether oxygens (including phenoxy) is 1. The van der Waals surface area contributed by atoms with Gasteiger partial charge in [-0.1, -0.05) is 13.3 Å². The molecule has 0 radical (unpaired) electrons. The average molecular weight is 300 g/mol. The summed E-state index contributed by atoms with van der Waals surface area (Å²) < 4.78 is 6.32. The first-order chi connectivity index (χ1) is 10.8. The molecule has 0 N–H and O–H groups in total. The summed E-state index contributed by atoms with van der Waals surface area (Å²) in [7, 11) is 0. The lowest BCUT2D eigenvalue weighted by Crippen LogP contribution is -2.15. The molecule has 1 aromatic rings. The Labute approximate surface area is 134 Å². The Balaban J connectivity index is 1.86. The van der Waals surface area contributed by atoms with Crippen molar-refractivity contribution in [2.75, 3.05) is 0 Å². The maximum absolute atomic E-state index is 12.4. The van der Waals surface area contributed by atoms with Crippen molar-refractivity contribution < 1.29 is 9.53 Å². The molecule has 22 heavy (non-hydrogen) atoms. The highest BCUT2D eigenvalue weighted by molar-refractivity contribution is 5.96. The zero-order valence-corrected chi connectivity index (χ0v) is 13.8. The van der Waals surface area contributed by atoms with E-state index in [-0.39, 0.29) is 5.78 Å². The molecule has 0 heterocycles. The number of benzene rings is 1. The number of hydrogen-bond acceptors (Lipinski definition) is 2. The van der Waals surface area contributed by atoms with Gasteiger partial charge in [-0.3, -0.25) is 4.79 Å². The Bertz CT molecular complexity index is 527. The van der Waals surface area contributed by atoms with E-state index < -0.39 is 0 Å². The zero-order chi connectivity index (χ0) is 15.4. The molecular weight excluding hydrogens is 272 g/mol. The maximum Gasteiger partial charge on any atom is 0.163 e. The van der Waals surface area contributed by atoms with Gasteiger partial charge in [-0.25, -0.2) is 0 Å². The largest absolute Gasteiger partial charge is 0.490 e. The number of carbonyl (C=O) groups is 1. The minimum atomic E-state index is 0.284. The first kappa shape index (κ1) is 15.6. The third-order valence-corrected chi connectivity index (χ3v) is 5.10. The molecule has 120 valence electrons. The number of rotatable bonds is 6. The molecule has 0 atom stereocenters. The van der Waals surface area contributed by atoms with Crippen molar-refractivity contribution in [1.29, 1.82) is 0 Å². The summed E-state index contributed by atoms with van der Waals surface area (Å²) in [6, 6.07) is 4.19. The topological polar surface area (TPSA) is 26.3 Å². The fraction of sp³-hybridized carbons (Fsp3) is 0.650. The van der Waals surface area contributed by atoms with E-state index >= 15 is 0 Å². The van der Waals surface area contributed by atoms with Crippen molar-refractivity contribution in [2.24, 2.45) is 0 Å². The first-order valence-corrected chi connectivity index (χ1v) is 9.13. The molecule has 0 aliphatic heterocycles. The smallest absolute Gasteiger partial charge is 0.163 e. The second-order valence-corrected chi connectivity index (χ2v) is 6.87. The zero-order valence-electron chi connectivity index (χ0n) is 13.8. The summed E-state index contributed by atoms with van der Waals surface area (Å²) in [6.45, 7) is 2.13. The molecule has 1 aromatic carbocycles. The third-order valence-electron chi connectivity index (χ3n) is 5.10. The molecule has 1 fully saturated rings. The van der Waals surface area contributed by atoms with Crippen molar-refractivity contribution >= 4 is 5.78 Å². The van der Waals surface area contributed by atoms with Crippen molar-refractivity contribution in [1.82, 2.24) is 0 Å². The second-order valence-electron chi connectivity index (χ2n) is 6.87. The fourth-order valence-electron chi connectivity index (χ4n) is 3.76. The molecule has 0 spiro atoms. The van der Waals surface area contributed by atoms with Crippen LogP contribution in [0.5, 0.6) is 5.75 Å². The third kappa shape index (κ3) is 3.53. The first-order valence-electron chi connectivity index (χ1n) is 9.13. The van der Waals surface area contributed by atoms with Crippen LogP contribution in [0, 0.1) is 0 Å². The van der Waals surface area contributed by atoms with Crippen LogP contribution < -0.4 is 4.74 Å². The van der Waals surface area contributed by atoms with Crippen LogP contribution in [0.4, 0.5) is 0 Å². The number of fused-ring (bicyclic) bond motifs is 1. The minimum Gasteiger partial charge on any atom is -0.490 e. The number of Topliss-reactive ketones (excluding diaryl/α,β-unsaturated/α-hetero) is 1. The second kappa shape index (κ2) is 7.30. The molecule has 0 unspecified atom stereocenters. The lowest BCUT2D eigenvalue weighted by molar-refractivity contribution is 0.0978. The quantitative estimate of drug-likeness (QED) is 0.670. The summed E-state index contributed by atoms with van der Waals surface area (Å²) in [5.74, 6) is 1.30. The molecule has 0 aromatic heterocycles. The molecule has 0 bridgehead atoms. The lowest BCUT2D eigenvalue weighted by atomic mass is 9.88. The lowest BCUT2D eigenvalue weighted by Gasteiger charge is -2.23. The van der Waals surface area contributed by atoms with Gasteiger partial charge in [0.05, 0.1) is 6.10 Å². The van der Waals surface area contributed by atoms with Crippen LogP contribution in [0.15, 0.2) is 12.1 Å². The Morgan fingerprint density at radius 3 is 2.68 bits per heavy atom. The average Bonchev–Trinajstić information content (AvgIpc) is 3.05. The predicted molar refractivity (Wildman–Crippen MR) is 89.8 cm³/mol. The van der Waals surface area contributed by atoms with Crippen LogP contribution in [0.1, 0.15) is 86.2 Å². The standard InChI is InChI=1S/C20H28O2/c1-2-3-12-19(21)16-13-15-8-4-7-11-18(15)20(14-16)22-17-9-5-6-10-17/h13-14,17H,2-12H2,1H3. The highest BCUT2D eigenvalue weighted by Gasteiger charge is 2.22. The van der Waals surface area contributed by atoms with Gasteiger partial charge in [0.2, 0.25) is 0 Å². The monoisotopic (exact) mass is 300 g/mol. The molecule has 2 nitrogen and oxygen atoms in total. The van der Waals surface area contributed by atoms with Gasteiger partial charge < -0.3 is 4.74 Å². The Hall–Kier alpha value is -1.31. The van der Waals surface area contributed by atoms with Gasteiger partial charge >= 0.3 is 0 Å². The number of carbonyl (C=O) groups excluding carboxylic acids is 1. The van der Waals surface area contributed by atoms with Gasteiger partial charge in [0.15, 0.2) is 5.78 Å². The van der Waals surface area contributed by atoms with Crippen molar-refractivity contribution in [3.8, 4) is 5.75 Å². The molecule has 2 heteroatoms. The van der Waals surface area contributed by atoms with Crippen molar-refractivity contribution in [3.63, 3.8) is 0 Å². The Kier molecular flexibility index (Phi) is 5.17. The van der Waals surface area contributed by atoms with E-state index in [4.69, 9.17) is 4.74 Å². The van der Waals surface area contributed by atoms with Gasteiger partial charge in [-0.2, -0.15) is 0 Å². The van der Waals surface area contributed by atoms with Gasteiger partial charge in [0.25, 0.3) is 0 Å². The molecular formula is C20H28O2. The van der Waals surface area contributed by atoms with Crippen molar-refractivity contribution in [3.05, 3.63) is 28.8 Å². The van der Waals surface area contributed by atoms with Crippen LogP contribution >= 0.6 is 0 Å². The normalized spacial score (nSPS) is 18.2. The SMILES string of the molecule is CCCCC(=O)c1cc2c(c(OC3CCCC3)c1)CCCC2. The van der Waals surface area contributed by atoms with E-state index in [0.29, 0.717) is 12.5 Å². The Morgan fingerprint density at radius 1 is 1.14 bits per heavy atom. The number of unbranched alkanes of at least 4 members (excludes halogenated alkanes) is 1. The summed E-state index contributed by atoms with van der Waals surface area (Å²) in [6.07, 6.45) is 12.7. The number of ketones is 1. The van der Waals surface area contributed by atoms with Gasteiger partial charge in [0, 0.05) is 12.0 Å². The highest BCUT2D eigenvalue weighted by Crippen LogP contribution is 2.34. The van der Waals surface area contributed by atoms with E-state index in [2.05, 4.69) is 13.0 Å². The fourth-order valence-corrected chi connectivity index (χ4v) is 3.76. The molecule has 1 saturated carbocycles. The molecule has 0 saturated heterocycles. The van der Waals surface area contributed by atoms with E-state index in [9.17, 15) is 4.79 Å². The number of hydrogen-bond donors (Lipinski definition) is 0. The molecule has 2 aliphatic carbocycles. The van der Waals surface area contributed by atoms with Crippen LogP contribution in [-0.4, -0.2) is 11.9 Å². The summed E-state index contributed by atoms with van der Waals surface area (Å²) in [4.78, 5) is 12.4. The van der Waals surface area contributed by atoms with Crippen LogP contribution in [0.2, 0.25) is 0 Å². The van der Waals surface area contributed by atoms with Crippen molar-refractivity contribution in [2.45, 2.75) is 83.7 Å². The minimum absolute atomic E-state index is 0.284. The summed E-state index contributed by atoms with van der Waals surface area (Å²) in [5.41, 5.74) is 3.62. The van der Waals surface area contributed by atoms with E-state index in [0.717, 1.165) is 37.0 Å². The predicted octanol–water partition coefficient (Wildman–Crippen LogP) is 5.26. The van der Waals surface area contributed by atoms with Gasteiger partial charge in [-0.05, 0) is 81.0 Å². The van der Waals surface area contributed by atoms with Crippen LogP contribution in [-0.2, 0) is 12.8 Å². The highest BCUT2D eigenvalue weighted by atomic mass is 16.5. The molecule has 0 amide bonds. The Morgan fingerprint density at radius 2 is 1.91 bits per heavy atom. The van der Waals surface area contributed by atoms with E-state index in [1.807, 2.05) is 6.07 Å². The van der Waals surface area contributed by atoms with Crippen LogP contribution in [0.25, 0.3) is 0 Å². The number of aryl methyl sites for hydroxylation is 1. The summed E-state index contributed by atoms with van der Waals surface area (Å²) >= 11 is 0. The van der Waals surface area contributed by atoms with E-state index in [1.165, 1.54) is 49.7 Å². The molecule has 3 rings (SSSR count).